The van der Waals surface area contributed by atoms with Gasteiger partial charge in [-0.2, -0.15) is 0 Å². The van der Waals surface area contributed by atoms with Crippen molar-refractivity contribution in [2.75, 3.05) is 19.8 Å². The van der Waals surface area contributed by atoms with Gasteiger partial charge in [0, 0.05) is 9.47 Å². The summed E-state index contributed by atoms with van der Waals surface area (Å²) < 4.78 is 4.70. The van der Waals surface area contributed by atoms with E-state index in [4.69, 9.17) is 14.7 Å². The predicted octanol–water partition coefficient (Wildman–Crippen LogP) is -1.10. The summed E-state index contributed by atoms with van der Waals surface area (Å²) in [7, 11) is 4.29. The molecular formula is C4H13NO3P2. The highest BCUT2D eigenvalue weighted by Gasteiger charge is 2.26. The van der Waals surface area contributed by atoms with Crippen LogP contribution in [0.1, 0.15) is 0 Å². The summed E-state index contributed by atoms with van der Waals surface area (Å²) in [5.41, 5.74) is -0.744. The Balaban J connectivity index is 3.87. The molecule has 0 rings (SSSR count). The van der Waals surface area contributed by atoms with Gasteiger partial charge in [-0.1, -0.05) is 9.39 Å². The Kier molecular flexibility index (Phi) is 5.74. The summed E-state index contributed by atoms with van der Waals surface area (Å²) in [6.07, 6.45) is 0. The van der Waals surface area contributed by atoms with E-state index in [9.17, 15) is 0 Å². The maximum absolute atomic E-state index is 8.78. The molecule has 4 nitrogen and oxygen atoms in total. The third kappa shape index (κ3) is 2.75. The van der Waals surface area contributed by atoms with Gasteiger partial charge in [0.25, 0.3) is 0 Å². The highest BCUT2D eigenvalue weighted by Crippen LogP contribution is 2.07. The first-order valence-electron chi connectivity index (χ1n) is 2.76. The molecule has 0 aromatic carbocycles. The van der Waals surface area contributed by atoms with E-state index in [1.807, 2.05) is 0 Å². The Hall–Kier alpha value is 0.700. The molecule has 0 aliphatic heterocycles. The molecule has 3 N–H and O–H groups in total. The first-order valence-corrected chi connectivity index (χ1v) is 3.80. The van der Waals surface area contributed by atoms with Gasteiger partial charge >= 0.3 is 0 Å². The molecule has 0 amide bonds. The molecule has 0 spiro atoms. The maximum atomic E-state index is 8.78. The Morgan fingerprint density at radius 2 is 1.90 bits per heavy atom. The van der Waals surface area contributed by atoms with Gasteiger partial charge in [0.05, 0.1) is 25.4 Å². The molecule has 0 fully saturated rings. The SMILES string of the molecule is OCC(CO)(COP)NP. The lowest BCUT2D eigenvalue weighted by molar-refractivity contribution is 0.0753. The Morgan fingerprint density at radius 1 is 1.40 bits per heavy atom. The largest absolute Gasteiger partial charge is 0.394 e. The molecule has 0 bridgehead atoms. The van der Waals surface area contributed by atoms with E-state index in [0.717, 1.165) is 0 Å². The molecule has 0 aliphatic carbocycles. The van der Waals surface area contributed by atoms with Crippen molar-refractivity contribution in [1.29, 1.82) is 0 Å². The Labute approximate surface area is 64.9 Å². The van der Waals surface area contributed by atoms with Crippen molar-refractivity contribution in [2.24, 2.45) is 0 Å². The first kappa shape index (κ1) is 10.7. The van der Waals surface area contributed by atoms with Crippen molar-refractivity contribution in [2.45, 2.75) is 5.54 Å². The van der Waals surface area contributed by atoms with Crippen LogP contribution in [0.15, 0.2) is 0 Å². The second kappa shape index (κ2) is 5.36. The fourth-order valence-corrected chi connectivity index (χ4v) is 1.02. The average molecular weight is 185 g/mol. The highest BCUT2D eigenvalue weighted by molar-refractivity contribution is 7.13. The summed E-state index contributed by atoms with van der Waals surface area (Å²) in [6, 6.07) is 0. The van der Waals surface area contributed by atoms with Crippen LogP contribution in [-0.4, -0.2) is 35.6 Å². The molecule has 10 heavy (non-hydrogen) atoms. The number of hydrogen-bond acceptors (Lipinski definition) is 4. The molecule has 2 unspecified atom stereocenters. The van der Waals surface area contributed by atoms with Gasteiger partial charge in [0.15, 0.2) is 0 Å². The predicted molar refractivity (Wildman–Crippen MR) is 45.4 cm³/mol. The van der Waals surface area contributed by atoms with Crippen molar-refractivity contribution in [3.05, 3.63) is 0 Å². The smallest absolute Gasteiger partial charge is 0.0915 e. The normalized spacial score (nSPS) is 12.0. The quantitative estimate of drug-likeness (QED) is 0.475. The standard InChI is InChI=1S/C4H13NO3P2/c6-1-4(2-7,5-9)3-8-10/h5-7H,1-3,9-10H2. The third-order valence-corrected chi connectivity index (χ3v) is 2.05. The monoisotopic (exact) mass is 185 g/mol. The molecule has 0 aromatic rings. The molecule has 0 heterocycles. The molecule has 0 aromatic heterocycles. The minimum Gasteiger partial charge on any atom is -0.394 e. The Morgan fingerprint density at radius 3 is 2.00 bits per heavy atom. The van der Waals surface area contributed by atoms with Crippen molar-refractivity contribution in [1.82, 2.24) is 5.09 Å². The van der Waals surface area contributed by atoms with Gasteiger partial charge in [0.2, 0.25) is 0 Å². The van der Waals surface area contributed by atoms with Crippen LogP contribution in [0.3, 0.4) is 0 Å². The van der Waals surface area contributed by atoms with Gasteiger partial charge in [-0.25, -0.2) is 0 Å². The fourth-order valence-electron chi connectivity index (χ4n) is 0.434. The summed E-state index contributed by atoms with van der Waals surface area (Å²) in [6.45, 7) is -0.0863. The lowest BCUT2D eigenvalue weighted by Crippen LogP contribution is -2.50. The first-order chi connectivity index (χ1) is 4.74. The van der Waals surface area contributed by atoms with Gasteiger partial charge in [-0.15, -0.1) is 0 Å². The molecule has 2 atom stereocenters. The van der Waals surface area contributed by atoms with Gasteiger partial charge in [0.1, 0.15) is 0 Å². The van der Waals surface area contributed by atoms with Crippen LogP contribution in [0.25, 0.3) is 0 Å². The number of aliphatic hydroxyl groups is 2. The fraction of sp³-hybridized carbons (Fsp3) is 1.00. The van der Waals surface area contributed by atoms with E-state index in [1.165, 1.54) is 0 Å². The number of rotatable bonds is 5. The molecule has 0 saturated carbocycles. The zero-order valence-electron chi connectivity index (χ0n) is 5.58. The van der Waals surface area contributed by atoms with Crippen LogP contribution in [0.4, 0.5) is 0 Å². The zero-order chi connectivity index (χ0) is 8.04. The molecule has 62 valence electrons. The van der Waals surface area contributed by atoms with Crippen molar-refractivity contribution >= 4 is 18.9 Å². The van der Waals surface area contributed by atoms with E-state index in [-0.39, 0.29) is 19.8 Å². The molecule has 0 aliphatic rings. The second-order valence-electron chi connectivity index (χ2n) is 2.05. The molecule has 0 saturated heterocycles. The lowest BCUT2D eigenvalue weighted by atomic mass is 10.1. The van der Waals surface area contributed by atoms with Crippen molar-refractivity contribution in [3.8, 4) is 0 Å². The summed E-state index contributed by atoms with van der Waals surface area (Å²) >= 11 is 0. The van der Waals surface area contributed by atoms with Crippen molar-refractivity contribution < 1.29 is 14.7 Å². The van der Waals surface area contributed by atoms with Gasteiger partial charge in [-0.05, 0) is 0 Å². The average Bonchev–Trinajstić information content (AvgIpc) is 2.01. The van der Waals surface area contributed by atoms with E-state index in [1.54, 1.807) is 0 Å². The summed E-state index contributed by atoms with van der Waals surface area (Å²) in [4.78, 5) is 0. The van der Waals surface area contributed by atoms with E-state index in [2.05, 4.69) is 23.9 Å². The minimum absolute atomic E-state index is 0.165. The third-order valence-electron chi connectivity index (χ3n) is 1.27. The number of nitrogens with one attached hydrogen (secondary N) is 1. The van der Waals surface area contributed by atoms with Gasteiger partial charge in [-0.3, -0.25) is 5.09 Å². The number of hydrogen-bond donors (Lipinski definition) is 3. The lowest BCUT2D eigenvalue weighted by Gasteiger charge is -2.27. The second-order valence-corrected chi connectivity index (χ2v) is 2.67. The highest BCUT2D eigenvalue weighted by atomic mass is 31.0. The summed E-state index contributed by atoms with van der Waals surface area (Å²) in [5, 5.41) is 20.3. The van der Waals surface area contributed by atoms with Crippen LogP contribution in [-0.2, 0) is 4.52 Å². The summed E-state index contributed by atoms with van der Waals surface area (Å²) in [5.74, 6) is 0. The van der Waals surface area contributed by atoms with Crippen LogP contribution in [0, 0.1) is 0 Å². The topological polar surface area (TPSA) is 61.7 Å². The van der Waals surface area contributed by atoms with E-state index >= 15 is 0 Å². The van der Waals surface area contributed by atoms with Crippen LogP contribution in [0.5, 0.6) is 0 Å². The van der Waals surface area contributed by atoms with E-state index < -0.39 is 5.54 Å². The van der Waals surface area contributed by atoms with Crippen LogP contribution in [0.2, 0.25) is 0 Å². The molecule has 0 radical (unpaired) electrons. The Bertz CT molecular complexity index is 80.3. The van der Waals surface area contributed by atoms with Crippen LogP contribution >= 0.6 is 18.9 Å². The zero-order valence-corrected chi connectivity index (χ0v) is 7.89. The maximum Gasteiger partial charge on any atom is 0.0915 e. The molecule has 6 heteroatoms. The van der Waals surface area contributed by atoms with Crippen molar-refractivity contribution in [3.63, 3.8) is 0 Å². The number of aliphatic hydroxyl groups excluding tert-OH is 2. The van der Waals surface area contributed by atoms with Gasteiger partial charge < -0.3 is 14.7 Å². The molecular weight excluding hydrogens is 172 g/mol. The van der Waals surface area contributed by atoms with Crippen LogP contribution < -0.4 is 5.09 Å². The minimum atomic E-state index is -0.744. The van der Waals surface area contributed by atoms with E-state index in [0.29, 0.717) is 0 Å².